The van der Waals surface area contributed by atoms with Gasteiger partial charge in [-0.25, -0.2) is 28.0 Å². The van der Waals surface area contributed by atoms with Crippen LogP contribution in [0.5, 0.6) is 0 Å². The van der Waals surface area contributed by atoms with Crippen molar-refractivity contribution in [2.45, 2.75) is 84.9 Å². The van der Waals surface area contributed by atoms with Crippen molar-refractivity contribution in [1.82, 2.24) is 9.71 Å². The molecule has 0 bridgehead atoms. The molecule has 0 fully saturated rings. The summed E-state index contributed by atoms with van der Waals surface area (Å²) < 4.78 is 59.1. The fourth-order valence-electron chi connectivity index (χ4n) is 3.94. The Morgan fingerprint density at radius 3 is 1.90 bits per heavy atom. The lowest BCUT2D eigenvalue weighted by molar-refractivity contribution is -0.165. The fourth-order valence-corrected chi connectivity index (χ4v) is 3.94. The molecule has 2 rings (SSSR count). The molecule has 1 amide bonds. The molecule has 2 aromatic rings. The zero-order valence-corrected chi connectivity index (χ0v) is 22.9. The molecule has 13 nitrogen and oxygen atoms in total. The molecule has 16 heteroatoms. The number of ether oxygens (including phenoxy) is 2. The average Bonchev–Trinajstić information content (AvgIpc) is 3.30. The number of esters is 1. The lowest BCUT2D eigenvalue weighted by atomic mass is 9.75. The third-order valence-corrected chi connectivity index (χ3v) is 5.82. The van der Waals surface area contributed by atoms with E-state index in [0.717, 1.165) is 23.6 Å². The number of rotatable bonds is 12. The van der Waals surface area contributed by atoms with Crippen LogP contribution in [-0.2, 0) is 27.4 Å². The number of carbonyl (C=O) groups excluding carboxylic acids is 2. The second kappa shape index (κ2) is 12.6. The third-order valence-electron chi connectivity index (χ3n) is 5.82. The van der Waals surface area contributed by atoms with Crippen molar-refractivity contribution in [3.63, 3.8) is 0 Å². The number of carbonyl (C=O) groups is 2. The summed E-state index contributed by atoms with van der Waals surface area (Å²) in [7, 11) is -0.720. The van der Waals surface area contributed by atoms with E-state index in [2.05, 4.69) is 0 Å². The topological polar surface area (TPSA) is 166 Å². The SMILES string of the molecule is COC(=O)C(CCCN(Cc1oc(=O)oc1C)C(=O)OC(C)(C)C)(C(F)F)N(Cc1oc(=O)oc1C)B(C)O. The lowest BCUT2D eigenvalue weighted by Gasteiger charge is -2.41. The average molecular weight is 562 g/mol. The first-order chi connectivity index (χ1) is 18.0. The monoisotopic (exact) mass is 562 g/mol. The number of methoxy groups -OCH3 is 1. The normalized spacial score (nSPS) is 13.4. The summed E-state index contributed by atoms with van der Waals surface area (Å²) in [6.45, 7) is 7.73. The van der Waals surface area contributed by atoms with Crippen LogP contribution in [0, 0.1) is 13.8 Å². The van der Waals surface area contributed by atoms with Crippen molar-refractivity contribution < 1.29 is 50.5 Å². The molecule has 39 heavy (non-hydrogen) atoms. The highest BCUT2D eigenvalue weighted by atomic mass is 19.3. The van der Waals surface area contributed by atoms with Gasteiger partial charge in [-0.05, 0) is 54.3 Å². The highest BCUT2D eigenvalue weighted by Crippen LogP contribution is 2.34. The van der Waals surface area contributed by atoms with Crippen LogP contribution >= 0.6 is 0 Å². The zero-order valence-electron chi connectivity index (χ0n) is 22.9. The van der Waals surface area contributed by atoms with E-state index in [9.17, 15) is 33.0 Å². The molecule has 0 aliphatic heterocycles. The summed E-state index contributed by atoms with van der Waals surface area (Å²) in [5, 5.41) is 10.4. The first-order valence-electron chi connectivity index (χ1n) is 12.0. The Labute approximate surface area is 222 Å². The maximum absolute atomic E-state index is 14.8. The van der Waals surface area contributed by atoms with Crippen LogP contribution in [0.2, 0.25) is 6.82 Å². The molecular formula is C23H33BF2N2O11. The first kappa shape index (κ1) is 31.8. The molecule has 1 atom stereocenters. The highest BCUT2D eigenvalue weighted by Gasteiger charge is 2.55. The predicted octanol–water partition coefficient (Wildman–Crippen LogP) is 2.70. The standard InChI is InChI=1S/C23H33BF2N2O11/c1-13-15(37-20(31)35-13)11-27(19(30)39-22(3,4)5)10-8-9-23(17(25)26,18(29)34-7)28(24(6)33)12-16-14(2)36-21(32)38-16/h17,33H,8-12H2,1-7H3. The molecule has 0 radical (unpaired) electrons. The van der Waals surface area contributed by atoms with Gasteiger partial charge in [0.05, 0.1) is 20.2 Å². The van der Waals surface area contributed by atoms with Gasteiger partial charge < -0.3 is 37.1 Å². The Kier molecular flexibility index (Phi) is 10.3. The van der Waals surface area contributed by atoms with E-state index in [-0.39, 0.29) is 42.6 Å². The van der Waals surface area contributed by atoms with Crippen molar-refractivity contribution in [3.05, 3.63) is 44.3 Å². The summed E-state index contributed by atoms with van der Waals surface area (Å²) >= 11 is 0. The highest BCUT2D eigenvalue weighted by molar-refractivity contribution is 6.46. The van der Waals surface area contributed by atoms with E-state index in [1.54, 1.807) is 20.8 Å². The zero-order chi connectivity index (χ0) is 29.7. The number of nitrogens with zero attached hydrogens (tertiary/aromatic N) is 2. The third kappa shape index (κ3) is 7.82. The van der Waals surface area contributed by atoms with E-state index in [1.165, 1.54) is 13.8 Å². The van der Waals surface area contributed by atoms with Crippen molar-refractivity contribution in [1.29, 1.82) is 0 Å². The van der Waals surface area contributed by atoms with Crippen LogP contribution in [0.1, 0.15) is 56.7 Å². The van der Waals surface area contributed by atoms with Gasteiger partial charge in [0.15, 0.2) is 17.1 Å². The molecule has 2 heterocycles. The van der Waals surface area contributed by atoms with Crippen LogP contribution in [0.4, 0.5) is 13.6 Å². The van der Waals surface area contributed by atoms with Gasteiger partial charge >= 0.3 is 30.8 Å². The van der Waals surface area contributed by atoms with E-state index >= 15 is 0 Å². The van der Waals surface area contributed by atoms with Crippen LogP contribution < -0.4 is 11.6 Å². The Morgan fingerprint density at radius 1 is 1.00 bits per heavy atom. The molecule has 1 unspecified atom stereocenters. The Bertz CT molecular complexity index is 1240. The molecule has 1 N–H and O–H groups in total. The number of hydrogen-bond acceptors (Lipinski definition) is 12. The quantitative estimate of drug-likeness (QED) is 0.297. The molecule has 0 aromatic carbocycles. The molecule has 218 valence electrons. The maximum Gasteiger partial charge on any atom is 0.519 e. The van der Waals surface area contributed by atoms with Crippen LogP contribution in [0.3, 0.4) is 0 Å². The van der Waals surface area contributed by atoms with Crippen LogP contribution in [-0.4, -0.2) is 65.1 Å². The minimum atomic E-state index is -3.39. The van der Waals surface area contributed by atoms with Gasteiger partial charge in [-0.15, -0.1) is 0 Å². The van der Waals surface area contributed by atoms with Gasteiger partial charge in [-0.2, -0.15) is 0 Å². The van der Waals surface area contributed by atoms with Crippen molar-refractivity contribution in [3.8, 4) is 0 Å². The van der Waals surface area contributed by atoms with Crippen molar-refractivity contribution in [2.24, 2.45) is 0 Å². The number of amides is 1. The van der Waals surface area contributed by atoms with Crippen molar-refractivity contribution in [2.75, 3.05) is 13.7 Å². The fraction of sp³-hybridized carbons (Fsp3) is 0.652. The first-order valence-corrected chi connectivity index (χ1v) is 12.0. The molecule has 0 saturated carbocycles. The maximum atomic E-state index is 14.8. The Morgan fingerprint density at radius 2 is 1.51 bits per heavy atom. The van der Waals surface area contributed by atoms with E-state index in [4.69, 9.17) is 27.1 Å². The second-order valence-corrected chi connectivity index (χ2v) is 9.85. The molecule has 2 aromatic heterocycles. The van der Waals surface area contributed by atoms with Gasteiger partial charge in [-0.1, -0.05) is 0 Å². The lowest BCUT2D eigenvalue weighted by Crippen LogP contribution is -2.64. The summed E-state index contributed by atoms with van der Waals surface area (Å²) in [6.07, 6.45) is -5.06. The van der Waals surface area contributed by atoms with Gasteiger partial charge in [0.1, 0.15) is 17.1 Å². The Hall–Kier alpha value is -3.40. The largest absolute Gasteiger partial charge is 0.519 e. The Balaban J connectivity index is 2.41. The second-order valence-electron chi connectivity index (χ2n) is 9.85. The van der Waals surface area contributed by atoms with Gasteiger partial charge in [-0.3, -0.25) is 4.81 Å². The van der Waals surface area contributed by atoms with Gasteiger partial charge in [0, 0.05) is 6.54 Å². The number of alkyl halides is 2. The number of halogens is 2. The van der Waals surface area contributed by atoms with Gasteiger partial charge in [0.25, 0.3) is 6.43 Å². The molecule has 0 aliphatic carbocycles. The summed E-state index contributed by atoms with van der Waals surface area (Å²) in [4.78, 5) is 50.6. The van der Waals surface area contributed by atoms with Crippen LogP contribution in [0.15, 0.2) is 27.3 Å². The summed E-state index contributed by atoms with van der Waals surface area (Å²) in [6, 6.07) is 0. The van der Waals surface area contributed by atoms with Crippen molar-refractivity contribution >= 4 is 19.1 Å². The minimum absolute atomic E-state index is 0.0215. The summed E-state index contributed by atoms with van der Waals surface area (Å²) in [5.41, 5.74) is -3.63. The number of aryl methyl sites for hydroxylation is 2. The minimum Gasteiger partial charge on any atom is -0.467 e. The molecule has 0 aliphatic rings. The van der Waals surface area contributed by atoms with E-state index in [1.807, 2.05) is 0 Å². The van der Waals surface area contributed by atoms with E-state index in [0.29, 0.717) is 0 Å². The van der Waals surface area contributed by atoms with E-state index < -0.39 is 61.3 Å². The summed E-state index contributed by atoms with van der Waals surface area (Å²) in [5.74, 6) is -3.48. The molecule has 0 saturated heterocycles. The predicted molar refractivity (Wildman–Crippen MR) is 130 cm³/mol. The number of hydrogen-bond donors (Lipinski definition) is 1. The van der Waals surface area contributed by atoms with Crippen LogP contribution in [0.25, 0.3) is 0 Å². The smallest absolute Gasteiger partial charge is 0.467 e. The molecular weight excluding hydrogens is 529 g/mol. The van der Waals surface area contributed by atoms with Gasteiger partial charge in [0.2, 0.25) is 0 Å². The molecule has 0 spiro atoms.